The van der Waals surface area contributed by atoms with Crippen molar-refractivity contribution in [1.82, 2.24) is 0 Å². The van der Waals surface area contributed by atoms with Gasteiger partial charge in [-0.15, -0.1) is 0 Å². The Morgan fingerprint density at radius 3 is 3.00 bits per heavy atom. The van der Waals surface area contributed by atoms with Crippen LogP contribution in [0.5, 0.6) is 5.75 Å². The Balaban J connectivity index is 2.84. The summed E-state index contributed by atoms with van der Waals surface area (Å²) in [5, 5.41) is 0. The zero-order chi connectivity index (χ0) is 8.97. The van der Waals surface area contributed by atoms with E-state index < -0.39 is 5.82 Å². The van der Waals surface area contributed by atoms with E-state index in [1.807, 2.05) is 0 Å². The van der Waals surface area contributed by atoms with E-state index in [0.717, 1.165) is 0 Å². The molecule has 0 aliphatic carbocycles. The van der Waals surface area contributed by atoms with Crippen LogP contribution in [0.2, 0.25) is 0 Å². The number of benzene rings is 1. The average Bonchev–Trinajstić information content (AvgIpc) is 2.08. The van der Waals surface area contributed by atoms with E-state index in [0.29, 0.717) is 11.8 Å². The van der Waals surface area contributed by atoms with Gasteiger partial charge < -0.3 is 4.74 Å². The second-order valence-corrected chi connectivity index (χ2v) is 2.36. The summed E-state index contributed by atoms with van der Waals surface area (Å²) in [6, 6.07) is 4.81. The molecule has 0 aliphatic heterocycles. The highest BCUT2D eigenvalue weighted by Gasteiger charge is 2.04. The van der Waals surface area contributed by atoms with Gasteiger partial charge in [0.15, 0.2) is 17.9 Å². The molecule has 3 heteroatoms. The van der Waals surface area contributed by atoms with Gasteiger partial charge in [-0.1, -0.05) is 12.1 Å². The van der Waals surface area contributed by atoms with Crippen LogP contribution >= 0.6 is 0 Å². The molecule has 1 rings (SSSR count). The molecule has 0 saturated carbocycles. The van der Waals surface area contributed by atoms with Crippen LogP contribution in [-0.4, -0.2) is 12.9 Å². The fourth-order valence-electron chi connectivity index (χ4n) is 0.856. The van der Waals surface area contributed by atoms with Crippen molar-refractivity contribution in [2.75, 3.05) is 6.61 Å². The van der Waals surface area contributed by atoms with Crippen molar-refractivity contribution in [3.8, 4) is 5.75 Å². The van der Waals surface area contributed by atoms with E-state index in [2.05, 4.69) is 0 Å². The largest absolute Gasteiger partial charge is 0.483 e. The Bertz CT molecular complexity index is 284. The van der Waals surface area contributed by atoms with Crippen LogP contribution in [0, 0.1) is 12.7 Å². The molecule has 0 radical (unpaired) electrons. The molecule has 0 fully saturated rings. The van der Waals surface area contributed by atoms with Crippen molar-refractivity contribution in [3.63, 3.8) is 0 Å². The standard InChI is InChI=1S/C9H9FO2/c1-7-3-2-4-8(9(7)10)12-6-5-11/h2-5H,6H2,1H3. The molecule has 0 heterocycles. The maximum absolute atomic E-state index is 13.1. The van der Waals surface area contributed by atoms with Crippen LogP contribution < -0.4 is 4.74 Å². The third kappa shape index (κ3) is 1.81. The Kier molecular flexibility index (Phi) is 2.80. The van der Waals surface area contributed by atoms with Gasteiger partial charge in [0, 0.05) is 0 Å². The molecule has 0 atom stereocenters. The Labute approximate surface area is 70.0 Å². The van der Waals surface area contributed by atoms with Gasteiger partial charge in [-0.25, -0.2) is 4.39 Å². The highest BCUT2D eigenvalue weighted by Crippen LogP contribution is 2.18. The summed E-state index contributed by atoms with van der Waals surface area (Å²) in [5.41, 5.74) is 0.512. The number of carbonyl (C=O) groups excluding carboxylic acids is 1. The zero-order valence-corrected chi connectivity index (χ0v) is 6.71. The minimum Gasteiger partial charge on any atom is -0.483 e. The van der Waals surface area contributed by atoms with Gasteiger partial charge in [0.25, 0.3) is 0 Å². The van der Waals surface area contributed by atoms with Crippen molar-refractivity contribution in [2.24, 2.45) is 0 Å². The van der Waals surface area contributed by atoms with Crippen molar-refractivity contribution >= 4 is 6.29 Å². The summed E-state index contributed by atoms with van der Waals surface area (Å²) in [5.74, 6) is -0.276. The molecule has 0 aliphatic rings. The fraction of sp³-hybridized carbons (Fsp3) is 0.222. The molecule has 0 spiro atoms. The molecular weight excluding hydrogens is 159 g/mol. The van der Waals surface area contributed by atoms with E-state index in [9.17, 15) is 9.18 Å². The smallest absolute Gasteiger partial charge is 0.167 e. The van der Waals surface area contributed by atoms with E-state index in [-0.39, 0.29) is 12.4 Å². The number of aldehydes is 1. The van der Waals surface area contributed by atoms with E-state index in [4.69, 9.17) is 4.74 Å². The third-order valence-electron chi connectivity index (χ3n) is 1.46. The van der Waals surface area contributed by atoms with Crippen molar-refractivity contribution in [1.29, 1.82) is 0 Å². The number of hydrogen-bond acceptors (Lipinski definition) is 2. The van der Waals surface area contributed by atoms with Gasteiger partial charge in [-0.2, -0.15) is 0 Å². The second kappa shape index (κ2) is 3.85. The maximum Gasteiger partial charge on any atom is 0.167 e. The van der Waals surface area contributed by atoms with Crippen LogP contribution in [-0.2, 0) is 4.79 Å². The van der Waals surface area contributed by atoms with Crippen LogP contribution in [0.25, 0.3) is 0 Å². The number of rotatable bonds is 3. The molecule has 0 aromatic heterocycles. The van der Waals surface area contributed by atoms with Crippen molar-refractivity contribution in [3.05, 3.63) is 29.6 Å². The number of aryl methyl sites for hydroxylation is 1. The molecule has 0 bridgehead atoms. The van der Waals surface area contributed by atoms with Gasteiger partial charge >= 0.3 is 0 Å². The minimum atomic E-state index is -0.403. The Hall–Kier alpha value is -1.38. The van der Waals surface area contributed by atoms with Crippen LogP contribution in [0.1, 0.15) is 5.56 Å². The summed E-state index contributed by atoms with van der Waals surface area (Å²) >= 11 is 0. The lowest BCUT2D eigenvalue weighted by Gasteiger charge is -2.04. The summed E-state index contributed by atoms with van der Waals surface area (Å²) in [7, 11) is 0. The predicted octanol–water partition coefficient (Wildman–Crippen LogP) is 1.71. The topological polar surface area (TPSA) is 26.3 Å². The highest BCUT2D eigenvalue weighted by molar-refractivity contribution is 5.51. The minimum absolute atomic E-state index is 0.111. The molecule has 2 nitrogen and oxygen atoms in total. The van der Waals surface area contributed by atoms with Crippen LogP contribution in [0.15, 0.2) is 18.2 Å². The van der Waals surface area contributed by atoms with Crippen LogP contribution in [0.4, 0.5) is 4.39 Å². The van der Waals surface area contributed by atoms with Gasteiger partial charge in [0.05, 0.1) is 0 Å². The average molecular weight is 168 g/mol. The zero-order valence-electron chi connectivity index (χ0n) is 6.71. The SMILES string of the molecule is Cc1cccc(OCC=O)c1F. The number of hydrogen-bond donors (Lipinski definition) is 0. The number of ether oxygens (including phenoxy) is 1. The first kappa shape index (κ1) is 8.71. The lowest BCUT2D eigenvalue weighted by atomic mass is 10.2. The second-order valence-electron chi connectivity index (χ2n) is 2.36. The first-order valence-electron chi connectivity index (χ1n) is 3.57. The van der Waals surface area contributed by atoms with Crippen molar-refractivity contribution in [2.45, 2.75) is 6.92 Å². The highest BCUT2D eigenvalue weighted by atomic mass is 19.1. The molecular formula is C9H9FO2. The normalized spacial score (nSPS) is 9.50. The summed E-state index contributed by atoms with van der Waals surface area (Å²) in [6.45, 7) is 1.53. The summed E-state index contributed by atoms with van der Waals surface area (Å²) < 4.78 is 17.9. The number of halogens is 1. The van der Waals surface area contributed by atoms with Gasteiger partial charge in [0.2, 0.25) is 0 Å². The van der Waals surface area contributed by atoms with E-state index in [1.165, 1.54) is 6.07 Å². The number of carbonyl (C=O) groups is 1. The van der Waals surface area contributed by atoms with Gasteiger partial charge in [-0.3, -0.25) is 4.79 Å². The fourth-order valence-corrected chi connectivity index (χ4v) is 0.856. The summed E-state index contributed by atoms with van der Waals surface area (Å²) in [4.78, 5) is 9.93. The molecule has 0 N–H and O–H groups in total. The quantitative estimate of drug-likeness (QED) is 0.642. The van der Waals surface area contributed by atoms with E-state index >= 15 is 0 Å². The third-order valence-corrected chi connectivity index (χ3v) is 1.46. The summed E-state index contributed by atoms with van der Waals surface area (Å²) in [6.07, 6.45) is 0.585. The predicted molar refractivity (Wildman–Crippen MR) is 42.7 cm³/mol. The Morgan fingerprint density at radius 2 is 2.33 bits per heavy atom. The van der Waals surface area contributed by atoms with Gasteiger partial charge in [0.1, 0.15) is 6.61 Å². The lowest BCUT2D eigenvalue weighted by Crippen LogP contribution is -2.00. The molecule has 1 aromatic carbocycles. The molecule has 64 valence electrons. The van der Waals surface area contributed by atoms with Crippen molar-refractivity contribution < 1.29 is 13.9 Å². The van der Waals surface area contributed by atoms with Crippen LogP contribution in [0.3, 0.4) is 0 Å². The molecule has 0 amide bonds. The molecule has 1 aromatic rings. The lowest BCUT2D eigenvalue weighted by molar-refractivity contribution is -0.109. The first-order valence-corrected chi connectivity index (χ1v) is 3.57. The first-order chi connectivity index (χ1) is 5.75. The molecule has 12 heavy (non-hydrogen) atoms. The molecule has 0 unspecified atom stereocenters. The molecule has 0 saturated heterocycles. The Morgan fingerprint density at radius 1 is 1.58 bits per heavy atom. The maximum atomic E-state index is 13.1. The van der Waals surface area contributed by atoms with Gasteiger partial charge in [-0.05, 0) is 18.6 Å². The monoisotopic (exact) mass is 168 g/mol. The van der Waals surface area contributed by atoms with E-state index in [1.54, 1.807) is 19.1 Å².